The first-order valence-corrected chi connectivity index (χ1v) is 18.5. The minimum absolute atomic E-state index is 0.255. The van der Waals surface area contributed by atoms with Gasteiger partial charge < -0.3 is 9.13 Å². The molecule has 0 aliphatic carbocycles. The zero-order chi connectivity index (χ0) is 39.3. The zero-order valence-electron chi connectivity index (χ0n) is 30.6. The van der Waals surface area contributed by atoms with Crippen LogP contribution in [0.2, 0.25) is 0 Å². The summed E-state index contributed by atoms with van der Waals surface area (Å²) in [7, 11) is 0. The van der Waals surface area contributed by atoms with Crippen molar-refractivity contribution >= 4 is 43.6 Å². The van der Waals surface area contributed by atoms with Gasteiger partial charge >= 0.3 is 0 Å². The standard InChI is InChI=1S/C50H26N8/c51-27-31-11-1-3-13-36(31)43-26-44(56-50(55-43)37-14-4-2-12-32(37)28-52)41-23-34(30-54)49(24-33(41)29-53)58-47-20-10-7-17-40(47)42-25-35(21-22-48(42)58)57-45-18-8-5-15-38(45)39-16-6-9-19-46(39)57/h1-26H. The van der Waals surface area contributed by atoms with E-state index < -0.39 is 0 Å². The summed E-state index contributed by atoms with van der Waals surface area (Å²) >= 11 is 0. The Morgan fingerprint density at radius 1 is 0.362 bits per heavy atom. The summed E-state index contributed by atoms with van der Waals surface area (Å²) in [4.78, 5) is 9.74. The number of rotatable bonds is 5. The number of aromatic nitrogens is 4. The second-order valence-corrected chi connectivity index (χ2v) is 13.8. The van der Waals surface area contributed by atoms with Crippen LogP contribution >= 0.6 is 0 Å². The molecule has 266 valence electrons. The number of fused-ring (bicyclic) bond motifs is 6. The van der Waals surface area contributed by atoms with Gasteiger partial charge in [0.15, 0.2) is 5.82 Å². The van der Waals surface area contributed by atoms with Gasteiger partial charge in [0.2, 0.25) is 0 Å². The van der Waals surface area contributed by atoms with Gasteiger partial charge in [0.25, 0.3) is 0 Å². The van der Waals surface area contributed by atoms with Crippen LogP contribution in [0.15, 0.2) is 158 Å². The highest BCUT2D eigenvalue weighted by molar-refractivity contribution is 6.12. The molecule has 0 aliphatic rings. The molecule has 0 unspecified atom stereocenters. The average molecular weight is 739 g/mol. The third kappa shape index (κ3) is 5.19. The smallest absolute Gasteiger partial charge is 0.161 e. The predicted octanol–water partition coefficient (Wildman–Crippen LogP) is 11.2. The molecule has 0 spiro atoms. The first-order chi connectivity index (χ1) is 28.6. The highest BCUT2D eigenvalue weighted by Gasteiger charge is 2.22. The molecule has 0 fully saturated rings. The van der Waals surface area contributed by atoms with Crippen LogP contribution in [0.5, 0.6) is 0 Å². The van der Waals surface area contributed by atoms with Gasteiger partial charge in [0.1, 0.15) is 6.07 Å². The lowest BCUT2D eigenvalue weighted by molar-refractivity contribution is 1.15. The molecule has 3 aromatic heterocycles. The molecule has 0 radical (unpaired) electrons. The van der Waals surface area contributed by atoms with Crippen LogP contribution in [0.1, 0.15) is 22.3 Å². The van der Waals surface area contributed by atoms with E-state index in [0.29, 0.717) is 56.0 Å². The van der Waals surface area contributed by atoms with Gasteiger partial charge in [-0.3, -0.25) is 0 Å². The van der Waals surface area contributed by atoms with E-state index in [9.17, 15) is 21.0 Å². The van der Waals surface area contributed by atoms with Gasteiger partial charge in [-0.15, -0.1) is 0 Å². The summed E-state index contributed by atoms with van der Waals surface area (Å²) in [6.45, 7) is 0. The monoisotopic (exact) mass is 738 g/mol. The van der Waals surface area contributed by atoms with Gasteiger partial charge in [0, 0.05) is 43.9 Å². The van der Waals surface area contributed by atoms with Crippen molar-refractivity contribution in [2.45, 2.75) is 0 Å². The van der Waals surface area contributed by atoms with Gasteiger partial charge in [-0.25, -0.2) is 9.97 Å². The molecule has 0 bridgehead atoms. The Hall–Kier alpha value is -8.82. The molecule has 0 atom stereocenters. The molecule has 10 aromatic rings. The van der Waals surface area contributed by atoms with Crippen molar-refractivity contribution in [3.8, 4) is 69.6 Å². The summed E-state index contributed by atoms with van der Waals surface area (Å²) in [5.41, 5.74) is 9.27. The minimum Gasteiger partial charge on any atom is -0.309 e. The zero-order valence-corrected chi connectivity index (χ0v) is 30.6. The number of para-hydroxylation sites is 3. The molecule has 8 nitrogen and oxygen atoms in total. The molecule has 7 aromatic carbocycles. The third-order valence-corrected chi connectivity index (χ3v) is 10.7. The van der Waals surface area contributed by atoms with Crippen molar-refractivity contribution < 1.29 is 0 Å². The molecule has 0 N–H and O–H groups in total. The molecule has 58 heavy (non-hydrogen) atoms. The van der Waals surface area contributed by atoms with Crippen LogP contribution in [0.3, 0.4) is 0 Å². The maximum Gasteiger partial charge on any atom is 0.161 e. The summed E-state index contributed by atoms with van der Waals surface area (Å²) in [5.74, 6) is 0.255. The molecule has 0 saturated carbocycles. The molecule has 8 heteroatoms. The normalized spacial score (nSPS) is 11.0. The summed E-state index contributed by atoms with van der Waals surface area (Å²) in [6, 6.07) is 59.8. The van der Waals surface area contributed by atoms with Crippen molar-refractivity contribution in [1.82, 2.24) is 19.1 Å². The largest absolute Gasteiger partial charge is 0.309 e. The van der Waals surface area contributed by atoms with E-state index in [0.717, 1.165) is 38.5 Å². The van der Waals surface area contributed by atoms with E-state index >= 15 is 0 Å². The van der Waals surface area contributed by atoms with Gasteiger partial charge in [0.05, 0.1) is 79.6 Å². The fraction of sp³-hybridized carbons (Fsp3) is 0. The fourth-order valence-electron chi connectivity index (χ4n) is 8.15. The van der Waals surface area contributed by atoms with E-state index in [4.69, 9.17) is 9.97 Å². The Labute approximate surface area is 332 Å². The Morgan fingerprint density at radius 2 is 0.845 bits per heavy atom. The molecule has 0 aliphatic heterocycles. The van der Waals surface area contributed by atoms with Gasteiger partial charge in [-0.1, -0.05) is 84.9 Å². The van der Waals surface area contributed by atoms with Crippen LogP contribution < -0.4 is 0 Å². The minimum atomic E-state index is 0.255. The molecule has 0 saturated heterocycles. The second kappa shape index (κ2) is 13.5. The Balaban J connectivity index is 1.20. The fourth-order valence-corrected chi connectivity index (χ4v) is 8.15. The number of hydrogen-bond donors (Lipinski definition) is 0. The van der Waals surface area contributed by atoms with Crippen molar-refractivity contribution in [2.24, 2.45) is 0 Å². The van der Waals surface area contributed by atoms with E-state index in [1.807, 2.05) is 28.8 Å². The Bertz CT molecular complexity index is 3390. The maximum absolute atomic E-state index is 10.8. The van der Waals surface area contributed by atoms with Gasteiger partial charge in [-0.2, -0.15) is 21.0 Å². The molecule has 10 rings (SSSR count). The molecule has 0 amide bonds. The highest BCUT2D eigenvalue weighted by Crippen LogP contribution is 2.39. The van der Waals surface area contributed by atoms with Crippen LogP contribution in [0.25, 0.3) is 88.9 Å². The predicted molar refractivity (Wildman–Crippen MR) is 226 cm³/mol. The topological polar surface area (TPSA) is 131 Å². The summed E-state index contributed by atoms with van der Waals surface area (Å²) in [6.07, 6.45) is 0. The lowest BCUT2D eigenvalue weighted by atomic mass is 9.97. The SMILES string of the molecule is N#Cc1ccccc1-c1cc(-c2cc(C#N)c(-n3c4ccccc4c4cc(-n5c6ccccc6c6ccccc65)ccc43)cc2C#N)nc(-c2ccccc2C#N)n1. The van der Waals surface area contributed by atoms with Crippen molar-refractivity contribution in [3.63, 3.8) is 0 Å². The second-order valence-electron chi connectivity index (χ2n) is 13.8. The summed E-state index contributed by atoms with van der Waals surface area (Å²) < 4.78 is 4.33. The van der Waals surface area contributed by atoms with Crippen LogP contribution in [0, 0.1) is 45.3 Å². The maximum atomic E-state index is 10.8. The van der Waals surface area contributed by atoms with Crippen molar-refractivity contribution in [2.75, 3.05) is 0 Å². The van der Waals surface area contributed by atoms with Gasteiger partial charge in [-0.05, 0) is 72.8 Å². The van der Waals surface area contributed by atoms with E-state index in [1.54, 1.807) is 60.7 Å². The van der Waals surface area contributed by atoms with E-state index in [-0.39, 0.29) is 5.82 Å². The van der Waals surface area contributed by atoms with Crippen molar-refractivity contribution in [3.05, 3.63) is 180 Å². The van der Waals surface area contributed by atoms with Crippen LogP contribution in [-0.4, -0.2) is 19.1 Å². The van der Waals surface area contributed by atoms with Crippen molar-refractivity contribution in [1.29, 1.82) is 21.0 Å². The lowest BCUT2D eigenvalue weighted by Gasteiger charge is -2.15. The van der Waals surface area contributed by atoms with Crippen LogP contribution in [-0.2, 0) is 0 Å². The van der Waals surface area contributed by atoms with Crippen LogP contribution in [0.4, 0.5) is 0 Å². The number of hydrogen-bond acceptors (Lipinski definition) is 6. The molecular weight excluding hydrogens is 713 g/mol. The third-order valence-electron chi connectivity index (χ3n) is 10.7. The Morgan fingerprint density at radius 3 is 1.47 bits per heavy atom. The first-order valence-electron chi connectivity index (χ1n) is 18.5. The first kappa shape index (κ1) is 33.7. The number of nitrogens with zero attached hydrogens (tertiary/aromatic N) is 8. The average Bonchev–Trinajstić information content (AvgIpc) is 3.80. The Kier molecular flexibility index (Phi) is 7.84. The number of benzene rings is 7. The van der Waals surface area contributed by atoms with E-state index in [1.165, 1.54) is 10.8 Å². The lowest BCUT2D eigenvalue weighted by Crippen LogP contribution is -2.03. The van der Waals surface area contributed by atoms with E-state index in [2.05, 4.69) is 102 Å². The summed E-state index contributed by atoms with van der Waals surface area (Å²) in [5, 5.41) is 45.9. The quantitative estimate of drug-likeness (QED) is 0.173. The number of nitriles is 4. The highest BCUT2D eigenvalue weighted by atomic mass is 15.0. The molecule has 3 heterocycles. The molecular formula is C50H26N8.